The van der Waals surface area contributed by atoms with Crippen LogP contribution in [0.1, 0.15) is 18.3 Å². The first-order valence-corrected chi connectivity index (χ1v) is 5.30. The van der Waals surface area contributed by atoms with Crippen LogP contribution < -0.4 is 0 Å². The number of rotatable bonds is 1. The van der Waals surface area contributed by atoms with Crippen LogP contribution in [0.15, 0.2) is 6.08 Å². The van der Waals surface area contributed by atoms with Crippen molar-refractivity contribution in [2.45, 2.75) is 12.5 Å². The van der Waals surface area contributed by atoms with Crippen LogP contribution in [0.4, 0.5) is 0 Å². The molecule has 0 saturated carbocycles. The van der Waals surface area contributed by atoms with Crippen LogP contribution in [0.25, 0.3) is 6.08 Å². The molecule has 1 aliphatic carbocycles. The Morgan fingerprint density at radius 2 is 2.21 bits per heavy atom. The molecule has 0 amide bonds. The Bertz CT molecular complexity index is 453. The molecule has 72 valence electrons. The molecule has 1 unspecified atom stereocenters. The topological polar surface area (TPSA) is 86.0 Å². The Labute approximate surface area is 85.0 Å². The fourth-order valence-corrected chi connectivity index (χ4v) is 2.57. The molecule has 14 heavy (non-hydrogen) atoms. The van der Waals surface area contributed by atoms with Crippen molar-refractivity contribution in [3.05, 3.63) is 27.6 Å². The molecule has 1 aromatic rings. The Morgan fingerprint density at radius 1 is 1.50 bits per heavy atom. The van der Waals surface area contributed by atoms with Gasteiger partial charge < -0.3 is 0 Å². The minimum absolute atomic E-state index is 0.204. The van der Waals surface area contributed by atoms with E-state index in [9.17, 15) is 14.9 Å². The van der Waals surface area contributed by atoms with Crippen LogP contribution in [0, 0.1) is 10.1 Å². The maximum atomic E-state index is 11.4. The first-order valence-electron chi connectivity index (χ1n) is 3.77. The second kappa shape index (κ2) is 2.83. The molecule has 1 aliphatic rings. The van der Waals surface area contributed by atoms with Crippen LogP contribution in [0.3, 0.4) is 0 Å². The van der Waals surface area contributed by atoms with E-state index < -0.39 is 16.2 Å². The fraction of sp³-hybridized carbons (Fsp3) is 0.286. The van der Waals surface area contributed by atoms with E-state index in [1.165, 1.54) is 19.1 Å². The number of nitro groups is 1. The Hall–Kier alpha value is -1.33. The molecule has 1 atom stereocenters. The molecule has 0 fully saturated rings. The van der Waals surface area contributed by atoms with Gasteiger partial charge in [-0.25, -0.2) is 0 Å². The molecular weight excluding hydrogens is 253 g/mol. The SMILES string of the molecule is CC1([N+](=O)[O-])C(=O)C=Cc2n[se]nc21. The summed E-state index contributed by atoms with van der Waals surface area (Å²) in [6.45, 7) is 1.27. The summed E-state index contributed by atoms with van der Waals surface area (Å²) in [4.78, 5) is 21.7. The monoisotopic (exact) mass is 259 g/mol. The van der Waals surface area contributed by atoms with E-state index in [-0.39, 0.29) is 20.7 Å². The molecule has 7 heteroatoms. The second-order valence-electron chi connectivity index (χ2n) is 3.02. The zero-order valence-electron chi connectivity index (χ0n) is 7.13. The van der Waals surface area contributed by atoms with Gasteiger partial charge in [0.1, 0.15) is 0 Å². The number of hydrogen-bond donors (Lipinski definition) is 0. The van der Waals surface area contributed by atoms with E-state index in [0.29, 0.717) is 5.69 Å². The third-order valence-electron chi connectivity index (χ3n) is 2.21. The van der Waals surface area contributed by atoms with Gasteiger partial charge in [-0.1, -0.05) is 0 Å². The molecule has 0 spiro atoms. The fourth-order valence-electron chi connectivity index (χ4n) is 1.25. The van der Waals surface area contributed by atoms with Gasteiger partial charge in [0.05, 0.1) is 0 Å². The van der Waals surface area contributed by atoms with E-state index >= 15 is 0 Å². The molecule has 0 aliphatic heterocycles. The molecule has 0 saturated heterocycles. The van der Waals surface area contributed by atoms with E-state index in [1.54, 1.807) is 0 Å². The molecule has 0 N–H and O–H groups in total. The van der Waals surface area contributed by atoms with Crippen molar-refractivity contribution in [3.8, 4) is 0 Å². The minimum atomic E-state index is -1.73. The van der Waals surface area contributed by atoms with E-state index in [2.05, 4.69) is 7.96 Å². The van der Waals surface area contributed by atoms with Gasteiger partial charge in [-0.3, -0.25) is 0 Å². The van der Waals surface area contributed by atoms with Gasteiger partial charge >= 0.3 is 84.5 Å². The number of fused-ring (bicyclic) bond motifs is 1. The van der Waals surface area contributed by atoms with Crippen molar-refractivity contribution in [1.82, 2.24) is 7.96 Å². The summed E-state index contributed by atoms with van der Waals surface area (Å²) in [7, 11) is 0. The Morgan fingerprint density at radius 3 is 2.86 bits per heavy atom. The van der Waals surface area contributed by atoms with Gasteiger partial charge in [-0.2, -0.15) is 0 Å². The van der Waals surface area contributed by atoms with E-state index in [4.69, 9.17) is 0 Å². The standard InChI is InChI=1S/C7H5N3O3Se/c1-7(10(12)13)5(11)3-2-4-6(7)9-14-8-4/h2-3H,1H3. The summed E-state index contributed by atoms with van der Waals surface area (Å²) in [5.41, 5.74) is -1.05. The predicted octanol–water partition coefficient (Wildman–Crippen LogP) is -0.379. The molecule has 1 heterocycles. The Balaban J connectivity index is 2.69. The first kappa shape index (κ1) is 9.23. The van der Waals surface area contributed by atoms with Crippen molar-refractivity contribution in [1.29, 1.82) is 0 Å². The maximum absolute atomic E-state index is 11.4. The van der Waals surface area contributed by atoms with Crippen LogP contribution in [-0.2, 0) is 10.3 Å². The average Bonchev–Trinajstić information content (AvgIpc) is 2.59. The summed E-state index contributed by atoms with van der Waals surface area (Å²) < 4.78 is 7.95. The van der Waals surface area contributed by atoms with Gasteiger partial charge in [0.15, 0.2) is 0 Å². The number of aromatic nitrogens is 2. The first-order chi connectivity index (χ1) is 6.56. The van der Waals surface area contributed by atoms with Crippen molar-refractivity contribution >= 4 is 26.8 Å². The number of nitrogens with zero attached hydrogens (tertiary/aromatic N) is 3. The molecule has 0 radical (unpaired) electrons. The van der Waals surface area contributed by atoms with Crippen LogP contribution >= 0.6 is 0 Å². The molecule has 0 aromatic carbocycles. The van der Waals surface area contributed by atoms with Crippen molar-refractivity contribution in [3.63, 3.8) is 0 Å². The summed E-state index contributed by atoms with van der Waals surface area (Å²) in [6, 6.07) is 0. The average molecular weight is 258 g/mol. The van der Waals surface area contributed by atoms with Crippen molar-refractivity contribution < 1.29 is 9.72 Å². The van der Waals surface area contributed by atoms with Gasteiger partial charge in [0.2, 0.25) is 0 Å². The van der Waals surface area contributed by atoms with Crippen molar-refractivity contribution in [2.24, 2.45) is 0 Å². The third kappa shape index (κ3) is 0.995. The molecule has 6 nitrogen and oxygen atoms in total. The molecular formula is C7H5N3O3Se. The molecule has 2 rings (SSSR count). The number of ketones is 1. The summed E-state index contributed by atoms with van der Waals surface area (Å²) >= 11 is -0.350. The second-order valence-corrected chi connectivity index (χ2v) is 4.13. The van der Waals surface area contributed by atoms with Crippen LogP contribution in [-0.4, -0.2) is 33.6 Å². The van der Waals surface area contributed by atoms with E-state index in [0.717, 1.165) is 0 Å². The number of carbonyl (C=O) groups excluding carboxylic acids is 1. The summed E-state index contributed by atoms with van der Waals surface area (Å²) in [5.74, 6) is -0.544. The zero-order valence-corrected chi connectivity index (χ0v) is 8.84. The van der Waals surface area contributed by atoms with Crippen molar-refractivity contribution in [2.75, 3.05) is 0 Å². The Kier molecular flexibility index (Phi) is 1.87. The van der Waals surface area contributed by atoms with Gasteiger partial charge in [0, 0.05) is 0 Å². The van der Waals surface area contributed by atoms with Gasteiger partial charge in [-0.05, 0) is 0 Å². The van der Waals surface area contributed by atoms with Gasteiger partial charge in [0.25, 0.3) is 0 Å². The number of hydrogen-bond acceptors (Lipinski definition) is 5. The molecule has 0 bridgehead atoms. The normalized spacial score (nSPS) is 24.8. The summed E-state index contributed by atoms with van der Waals surface area (Å²) in [5, 5.41) is 10.9. The predicted molar refractivity (Wildman–Crippen MR) is 47.4 cm³/mol. The quantitative estimate of drug-likeness (QED) is 0.389. The van der Waals surface area contributed by atoms with Crippen LogP contribution in [0.2, 0.25) is 0 Å². The summed E-state index contributed by atoms with van der Waals surface area (Å²) in [6.07, 6.45) is 2.68. The molecule has 1 aromatic heterocycles. The zero-order chi connectivity index (χ0) is 10.3. The van der Waals surface area contributed by atoms with Gasteiger partial charge in [-0.15, -0.1) is 0 Å². The number of carbonyl (C=O) groups is 1. The third-order valence-corrected chi connectivity index (χ3v) is 3.35. The van der Waals surface area contributed by atoms with E-state index in [1.807, 2.05) is 0 Å². The van der Waals surface area contributed by atoms with Crippen LogP contribution in [0.5, 0.6) is 0 Å².